The summed E-state index contributed by atoms with van der Waals surface area (Å²) in [6.07, 6.45) is 1.73. The molecule has 0 unspecified atom stereocenters. The molecule has 3 rings (SSSR count). The number of ether oxygens (including phenoxy) is 2. The predicted octanol–water partition coefficient (Wildman–Crippen LogP) is 1.64. The van der Waals surface area contributed by atoms with E-state index in [0.29, 0.717) is 39.5 Å². The summed E-state index contributed by atoms with van der Waals surface area (Å²) in [5.41, 5.74) is 1.01. The lowest BCUT2D eigenvalue weighted by atomic mass is 10.2. The van der Waals surface area contributed by atoms with Crippen molar-refractivity contribution >= 4 is 6.03 Å². The van der Waals surface area contributed by atoms with Crippen LogP contribution in [0.25, 0.3) is 0 Å². The van der Waals surface area contributed by atoms with Gasteiger partial charge in [-0.2, -0.15) is 0 Å². The van der Waals surface area contributed by atoms with Crippen LogP contribution >= 0.6 is 0 Å². The van der Waals surface area contributed by atoms with Crippen molar-refractivity contribution in [1.29, 1.82) is 0 Å². The molecule has 2 amide bonds. The van der Waals surface area contributed by atoms with E-state index in [1.54, 1.807) is 0 Å². The second-order valence-corrected chi connectivity index (χ2v) is 6.08. The number of fused-ring (bicyclic) bond motifs is 1. The molecule has 2 aromatic rings. The summed E-state index contributed by atoms with van der Waals surface area (Å²) in [6, 6.07) is 7.49. The van der Waals surface area contributed by atoms with Gasteiger partial charge in [0.2, 0.25) is 0 Å². The molecule has 8 nitrogen and oxygen atoms in total. The highest BCUT2D eigenvalue weighted by Gasteiger charge is 2.15. The van der Waals surface area contributed by atoms with Gasteiger partial charge in [-0.3, -0.25) is 0 Å². The first kappa shape index (κ1) is 18.2. The van der Waals surface area contributed by atoms with Gasteiger partial charge in [-0.1, -0.05) is 19.1 Å². The Morgan fingerprint density at radius 2 is 2.00 bits per heavy atom. The van der Waals surface area contributed by atoms with Crippen LogP contribution in [0.1, 0.15) is 30.6 Å². The van der Waals surface area contributed by atoms with E-state index in [4.69, 9.17) is 9.47 Å². The third kappa shape index (κ3) is 4.95. The van der Waals surface area contributed by atoms with E-state index in [-0.39, 0.29) is 6.03 Å². The smallest absolute Gasteiger partial charge is 0.315 e. The van der Waals surface area contributed by atoms with Crippen molar-refractivity contribution in [2.45, 2.75) is 39.4 Å². The minimum Gasteiger partial charge on any atom is -0.494 e. The van der Waals surface area contributed by atoms with Crippen molar-refractivity contribution in [3.8, 4) is 5.75 Å². The Bertz CT molecular complexity index is 714. The van der Waals surface area contributed by atoms with Gasteiger partial charge in [-0.25, -0.2) is 4.79 Å². The highest BCUT2D eigenvalue weighted by molar-refractivity contribution is 5.73. The summed E-state index contributed by atoms with van der Waals surface area (Å²) in [6.45, 7) is 5.58. The number of rotatable bonds is 7. The number of nitrogens with one attached hydrogen (secondary N) is 2. The maximum absolute atomic E-state index is 12.0. The van der Waals surface area contributed by atoms with Crippen LogP contribution in [0.3, 0.4) is 0 Å². The standard InChI is InChI=1S/C18H25N5O3/c1-2-9-26-15-5-3-14(4-6-15)12-19-18(24)20-13-17-22-21-16-7-10-25-11-8-23(16)17/h3-6H,2,7-13H2,1H3,(H2,19,20,24). The fourth-order valence-corrected chi connectivity index (χ4v) is 2.70. The number of urea groups is 1. The summed E-state index contributed by atoms with van der Waals surface area (Å²) in [7, 11) is 0. The molecule has 0 saturated carbocycles. The van der Waals surface area contributed by atoms with Crippen LogP contribution in [-0.4, -0.2) is 40.6 Å². The first-order valence-electron chi connectivity index (χ1n) is 8.98. The van der Waals surface area contributed by atoms with Gasteiger partial charge >= 0.3 is 6.03 Å². The highest BCUT2D eigenvalue weighted by Crippen LogP contribution is 2.12. The third-order valence-corrected chi connectivity index (χ3v) is 4.09. The predicted molar refractivity (Wildman–Crippen MR) is 95.8 cm³/mol. The van der Waals surface area contributed by atoms with Crippen LogP contribution < -0.4 is 15.4 Å². The second-order valence-electron chi connectivity index (χ2n) is 6.08. The number of amides is 2. The van der Waals surface area contributed by atoms with E-state index in [0.717, 1.165) is 35.8 Å². The number of aromatic nitrogens is 3. The Morgan fingerprint density at radius 3 is 2.81 bits per heavy atom. The van der Waals surface area contributed by atoms with E-state index in [9.17, 15) is 4.79 Å². The van der Waals surface area contributed by atoms with Crippen LogP contribution in [0.15, 0.2) is 24.3 Å². The average Bonchev–Trinajstić information content (AvgIpc) is 2.90. The molecule has 2 heterocycles. The fraction of sp³-hybridized carbons (Fsp3) is 0.500. The number of carbonyl (C=O) groups excluding carboxylic acids is 1. The maximum atomic E-state index is 12.0. The summed E-state index contributed by atoms with van der Waals surface area (Å²) < 4.78 is 13.0. The number of hydrogen-bond acceptors (Lipinski definition) is 5. The Labute approximate surface area is 152 Å². The molecule has 1 aliphatic heterocycles. The molecule has 1 aliphatic rings. The van der Waals surface area contributed by atoms with Gasteiger partial charge in [0.15, 0.2) is 5.82 Å². The molecule has 1 aromatic heterocycles. The molecule has 26 heavy (non-hydrogen) atoms. The number of hydrogen-bond donors (Lipinski definition) is 2. The summed E-state index contributed by atoms with van der Waals surface area (Å²) in [5.74, 6) is 2.50. The normalized spacial score (nSPS) is 13.6. The van der Waals surface area contributed by atoms with Gasteiger partial charge in [-0.05, 0) is 24.1 Å². The van der Waals surface area contributed by atoms with Crippen LogP contribution in [-0.2, 0) is 30.8 Å². The topological polar surface area (TPSA) is 90.3 Å². The molecule has 0 radical (unpaired) electrons. The van der Waals surface area contributed by atoms with Crippen molar-refractivity contribution in [3.05, 3.63) is 41.5 Å². The van der Waals surface area contributed by atoms with Crippen molar-refractivity contribution in [2.24, 2.45) is 0 Å². The molecule has 1 aromatic carbocycles. The Morgan fingerprint density at radius 1 is 1.19 bits per heavy atom. The number of nitrogens with zero attached hydrogens (tertiary/aromatic N) is 3. The zero-order valence-electron chi connectivity index (χ0n) is 15.0. The van der Waals surface area contributed by atoms with Gasteiger partial charge in [0.25, 0.3) is 0 Å². The van der Waals surface area contributed by atoms with E-state index in [1.807, 2.05) is 28.8 Å². The molecule has 0 saturated heterocycles. The van der Waals surface area contributed by atoms with Gasteiger partial charge in [0.05, 0.1) is 26.4 Å². The van der Waals surface area contributed by atoms with Gasteiger partial charge in [-0.15, -0.1) is 10.2 Å². The molecule has 8 heteroatoms. The first-order chi connectivity index (χ1) is 12.8. The lowest BCUT2D eigenvalue weighted by Crippen LogP contribution is -2.35. The first-order valence-corrected chi connectivity index (χ1v) is 8.98. The molecule has 0 atom stereocenters. The molecule has 140 valence electrons. The van der Waals surface area contributed by atoms with Crippen LogP contribution in [0.5, 0.6) is 5.75 Å². The Hall–Kier alpha value is -2.61. The fourth-order valence-electron chi connectivity index (χ4n) is 2.70. The Kier molecular flexibility index (Phi) is 6.43. The van der Waals surface area contributed by atoms with E-state index >= 15 is 0 Å². The average molecular weight is 359 g/mol. The molecule has 0 aliphatic carbocycles. The lowest BCUT2D eigenvalue weighted by Gasteiger charge is -2.10. The molecular formula is C18H25N5O3. The summed E-state index contributed by atoms with van der Waals surface area (Å²) in [5, 5.41) is 14.0. The lowest BCUT2D eigenvalue weighted by molar-refractivity contribution is 0.139. The molecule has 2 N–H and O–H groups in total. The van der Waals surface area contributed by atoms with Crippen molar-refractivity contribution in [2.75, 3.05) is 19.8 Å². The van der Waals surface area contributed by atoms with Crippen molar-refractivity contribution < 1.29 is 14.3 Å². The van der Waals surface area contributed by atoms with Gasteiger partial charge in [0, 0.05) is 19.5 Å². The minimum atomic E-state index is -0.237. The maximum Gasteiger partial charge on any atom is 0.315 e. The molecular weight excluding hydrogens is 334 g/mol. The largest absolute Gasteiger partial charge is 0.494 e. The second kappa shape index (κ2) is 9.19. The zero-order chi connectivity index (χ0) is 18.2. The zero-order valence-corrected chi connectivity index (χ0v) is 15.0. The summed E-state index contributed by atoms with van der Waals surface area (Å²) >= 11 is 0. The van der Waals surface area contributed by atoms with Gasteiger partial charge < -0.3 is 24.7 Å². The minimum absolute atomic E-state index is 0.237. The molecule has 0 fully saturated rings. The quantitative estimate of drug-likeness (QED) is 0.784. The van der Waals surface area contributed by atoms with Crippen molar-refractivity contribution in [3.63, 3.8) is 0 Å². The van der Waals surface area contributed by atoms with Crippen molar-refractivity contribution in [1.82, 2.24) is 25.4 Å². The monoisotopic (exact) mass is 359 g/mol. The third-order valence-electron chi connectivity index (χ3n) is 4.09. The van der Waals surface area contributed by atoms with Crippen LogP contribution in [0, 0.1) is 0 Å². The van der Waals surface area contributed by atoms with E-state index in [2.05, 4.69) is 27.8 Å². The van der Waals surface area contributed by atoms with E-state index in [1.165, 1.54) is 0 Å². The van der Waals surface area contributed by atoms with Crippen LogP contribution in [0.2, 0.25) is 0 Å². The van der Waals surface area contributed by atoms with Gasteiger partial charge in [0.1, 0.15) is 11.6 Å². The van der Waals surface area contributed by atoms with Crippen LogP contribution in [0.4, 0.5) is 4.79 Å². The molecule has 0 spiro atoms. The number of carbonyl (C=O) groups is 1. The molecule has 0 bridgehead atoms. The highest BCUT2D eigenvalue weighted by atomic mass is 16.5. The Balaban J connectivity index is 1.44. The SMILES string of the molecule is CCCOc1ccc(CNC(=O)NCc2nnc3n2CCOCC3)cc1. The summed E-state index contributed by atoms with van der Waals surface area (Å²) in [4.78, 5) is 12.0. The number of benzene rings is 1. The van der Waals surface area contributed by atoms with E-state index < -0.39 is 0 Å².